The van der Waals surface area contributed by atoms with Crippen LogP contribution in [-0.4, -0.2) is 52.0 Å². The first-order chi connectivity index (χ1) is 16.5. The number of hydrogen-bond acceptors (Lipinski definition) is 6. The van der Waals surface area contributed by atoms with Crippen LogP contribution in [0.15, 0.2) is 77.7 Å². The number of rotatable bonds is 8. The van der Waals surface area contributed by atoms with Crippen molar-refractivity contribution in [3.8, 4) is 17.2 Å². The number of nitrogens with one attached hydrogen (secondary N) is 1. The molecule has 0 spiro atoms. The summed E-state index contributed by atoms with van der Waals surface area (Å²) in [6.45, 7) is 1.23. The van der Waals surface area contributed by atoms with Gasteiger partial charge in [-0.25, -0.2) is 8.42 Å². The second kappa shape index (κ2) is 10.7. The number of nitrogens with zero attached hydrogens (tertiary/aromatic N) is 1. The van der Waals surface area contributed by atoms with Crippen molar-refractivity contribution >= 4 is 21.6 Å². The number of morpholine rings is 1. The number of sulfonamides is 1. The number of carbonyl (C=O) groups is 1. The van der Waals surface area contributed by atoms with Gasteiger partial charge in [-0.2, -0.15) is 4.31 Å². The minimum atomic E-state index is -3.79. The highest BCUT2D eigenvalue weighted by Gasteiger charge is 2.29. The lowest BCUT2D eigenvalue weighted by atomic mass is 10.1. The van der Waals surface area contributed by atoms with Crippen molar-refractivity contribution < 1.29 is 27.4 Å². The molecule has 1 heterocycles. The van der Waals surface area contributed by atoms with Crippen molar-refractivity contribution in [2.24, 2.45) is 0 Å². The van der Waals surface area contributed by atoms with Gasteiger partial charge < -0.3 is 19.5 Å². The van der Waals surface area contributed by atoms with Crippen molar-refractivity contribution in [3.05, 3.63) is 78.4 Å². The lowest BCUT2D eigenvalue weighted by Crippen LogP contribution is -2.40. The van der Waals surface area contributed by atoms with Crippen LogP contribution >= 0.6 is 0 Å². The Balaban J connectivity index is 1.51. The van der Waals surface area contributed by atoms with Gasteiger partial charge in [0.2, 0.25) is 15.9 Å². The van der Waals surface area contributed by atoms with E-state index < -0.39 is 10.0 Å². The molecule has 178 valence electrons. The Labute approximate surface area is 199 Å². The Hall–Kier alpha value is -3.40. The molecule has 1 saturated heterocycles. The predicted molar refractivity (Wildman–Crippen MR) is 128 cm³/mol. The van der Waals surface area contributed by atoms with E-state index in [1.807, 2.05) is 36.4 Å². The van der Waals surface area contributed by atoms with E-state index in [0.717, 1.165) is 0 Å². The molecule has 9 heteroatoms. The van der Waals surface area contributed by atoms with Crippen molar-refractivity contribution in [1.82, 2.24) is 4.31 Å². The number of anilines is 1. The largest absolute Gasteiger partial charge is 0.495 e. The van der Waals surface area contributed by atoms with E-state index in [1.165, 1.54) is 17.5 Å². The molecule has 0 saturated carbocycles. The number of benzene rings is 3. The summed E-state index contributed by atoms with van der Waals surface area (Å²) < 4.78 is 44.2. The van der Waals surface area contributed by atoms with Gasteiger partial charge in [-0.3, -0.25) is 4.79 Å². The summed E-state index contributed by atoms with van der Waals surface area (Å²) in [5.74, 6) is 1.09. The standard InChI is InChI=1S/C25H26N2O6S/c1-31-23-12-11-19(17-24(23)34(29,30)27-13-15-32-16-14-27)18-25(28)26-21-9-5-6-10-22(21)33-20-7-3-2-4-8-20/h2-12,17H,13-16,18H2,1H3,(H,26,28). The maximum absolute atomic E-state index is 13.2. The molecule has 3 aromatic carbocycles. The molecule has 1 aliphatic rings. The SMILES string of the molecule is COc1ccc(CC(=O)Nc2ccccc2Oc2ccccc2)cc1S(=O)(=O)N1CCOCC1. The van der Waals surface area contributed by atoms with Crippen LogP contribution in [0.1, 0.15) is 5.56 Å². The molecule has 3 aromatic rings. The van der Waals surface area contributed by atoms with Crippen LogP contribution in [-0.2, 0) is 26.0 Å². The van der Waals surface area contributed by atoms with Crippen LogP contribution in [0, 0.1) is 0 Å². The Kier molecular flexibility index (Phi) is 7.46. The average molecular weight is 483 g/mol. The second-order valence-corrected chi connectivity index (χ2v) is 9.54. The summed E-state index contributed by atoms with van der Waals surface area (Å²) in [5, 5.41) is 2.86. The van der Waals surface area contributed by atoms with Gasteiger partial charge in [-0.05, 0) is 42.0 Å². The Morgan fingerprint density at radius 3 is 2.41 bits per heavy atom. The Bertz CT molecular complexity index is 1240. The monoisotopic (exact) mass is 482 g/mol. The maximum atomic E-state index is 13.2. The molecule has 34 heavy (non-hydrogen) atoms. The summed E-state index contributed by atoms with van der Waals surface area (Å²) in [5.41, 5.74) is 1.07. The minimum absolute atomic E-state index is 0.0186. The van der Waals surface area contributed by atoms with Crippen LogP contribution in [0.3, 0.4) is 0 Å². The highest BCUT2D eigenvalue weighted by atomic mass is 32.2. The number of carbonyl (C=O) groups excluding carboxylic acids is 1. The van der Waals surface area contributed by atoms with Crippen LogP contribution < -0.4 is 14.8 Å². The molecule has 0 atom stereocenters. The number of hydrogen-bond donors (Lipinski definition) is 1. The highest BCUT2D eigenvalue weighted by molar-refractivity contribution is 7.89. The van der Waals surface area contributed by atoms with Gasteiger partial charge in [0, 0.05) is 13.1 Å². The highest BCUT2D eigenvalue weighted by Crippen LogP contribution is 2.31. The number of amides is 1. The lowest BCUT2D eigenvalue weighted by molar-refractivity contribution is -0.115. The summed E-state index contributed by atoms with van der Waals surface area (Å²) >= 11 is 0. The molecule has 4 rings (SSSR count). The fourth-order valence-corrected chi connectivity index (χ4v) is 5.23. The van der Waals surface area contributed by atoms with Gasteiger partial charge >= 0.3 is 0 Å². The third-order valence-corrected chi connectivity index (χ3v) is 7.23. The smallest absolute Gasteiger partial charge is 0.246 e. The Morgan fingerprint density at radius 2 is 1.68 bits per heavy atom. The summed E-state index contributed by atoms with van der Waals surface area (Å²) in [6.07, 6.45) is -0.0186. The van der Waals surface area contributed by atoms with Crippen molar-refractivity contribution in [2.45, 2.75) is 11.3 Å². The van der Waals surface area contributed by atoms with Crippen LogP contribution in [0.25, 0.3) is 0 Å². The van der Waals surface area contributed by atoms with E-state index in [9.17, 15) is 13.2 Å². The molecule has 0 unspecified atom stereocenters. The molecule has 0 aromatic heterocycles. The number of ether oxygens (including phenoxy) is 3. The van der Waals surface area contributed by atoms with Crippen molar-refractivity contribution in [2.75, 3.05) is 38.7 Å². The molecular weight excluding hydrogens is 456 g/mol. The van der Waals surface area contributed by atoms with Crippen LogP contribution in [0.5, 0.6) is 17.2 Å². The molecule has 0 aliphatic carbocycles. The average Bonchev–Trinajstić information content (AvgIpc) is 2.86. The van der Waals surface area contributed by atoms with E-state index in [2.05, 4.69) is 5.32 Å². The molecular formula is C25H26N2O6S. The van der Waals surface area contributed by atoms with E-state index in [1.54, 1.807) is 30.3 Å². The summed E-state index contributed by atoms with van der Waals surface area (Å²) in [6, 6.07) is 21.2. The van der Waals surface area contributed by atoms with E-state index >= 15 is 0 Å². The third-order valence-electron chi connectivity index (χ3n) is 5.31. The Morgan fingerprint density at radius 1 is 0.971 bits per heavy atom. The maximum Gasteiger partial charge on any atom is 0.246 e. The van der Waals surface area contributed by atoms with Gasteiger partial charge in [0.15, 0.2) is 5.75 Å². The van der Waals surface area contributed by atoms with Crippen molar-refractivity contribution in [3.63, 3.8) is 0 Å². The third kappa shape index (κ3) is 5.56. The minimum Gasteiger partial charge on any atom is -0.495 e. The molecule has 0 bridgehead atoms. The molecule has 8 nitrogen and oxygen atoms in total. The fourth-order valence-electron chi connectivity index (χ4n) is 3.61. The lowest BCUT2D eigenvalue weighted by Gasteiger charge is -2.26. The predicted octanol–water partition coefficient (Wildman–Crippen LogP) is 3.69. The van der Waals surface area contributed by atoms with Gasteiger partial charge in [-0.1, -0.05) is 36.4 Å². The van der Waals surface area contributed by atoms with Gasteiger partial charge in [0.25, 0.3) is 0 Å². The number of para-hydroxylation sites is 3. The topological polar surface area (TPSA) is 94.2 Å². The van der Waals surface area contributed by atoms with Crippen molar-refractivity contribution in [1.29, 1.82) is 0 Å². The van der Waals surface area contributed by atoms with Gasteiger partial charge in [-0.15, -0.1) is 0 Å². The summed E-state index contributed by atoms with van der Waals surface area (Å²) in [7, 11) is -2.37. The zero-order chi connectivity index (χ0) is 24.0. The first-order valence-electron chi connectivity index (χ1n) is 10.8. The fraction of sp³-hybridized carbons (Fsp3) is 0.240. The second-order valence-electron chi connectivity index (χ2n) is 7.64. The van der Waals surface area contributed by atoms with E-state index in [0.29, 0.717) is 36.0 Å². The van der Waals surface area contributed by atoms with Gasteiger partial charge in [0.1, 0.15) is 16.4 Å². The zero-order valence-corrected chi connectivity index (χ0v) is 19.6. The van der Waals surface area contributed by atoms with E-state index in [-0.39, 0.29) is 36.1 Å². The first-order valence-corrected chi connectivity index (χ1v) is 12.3. The van der Waals surface area contributed by atoms with E-state index in [4.69, 9.17) is 14.2 Å². The molecule has 1 aliphatic heterocycles. The first kappa shape index (κ1) is 23.7. The summed E-state index contributed by atoms with van der Waals surface area (Å²) in [4.78, 5) is 12.9. The quantitative estimate of drug-likeness (QED) is 0.526. The van der Waals surface area contributed by atoms with Crippen LogP contribution in [0.4, 0.5) is 5.69 Å². The normalized spacial score (nSPS) is 14.4. The molecule has 1 N–H and O–H groups in total. The van der Waals surface area contributed by atoms with Gasteiger partial charge in [0.05, 0.1) is 32.4 Å². The number of methoxy groups -OCH3 is 1. The molecule has 0 radical (unpaired) electrons. The molecule has 1 amide bonds. The molecule has 1 fully saturated rings. The zero-order valence-electron chi connectivity index (χ0n) is 18.8. The van der Waals surface area contributed by atoms with Crippen LogP contribution in [0.2, 0.25) is 0 Å².